The summed E-state index contributed by atoms with van der Waals surface area (Å²) in [4.78, 5) is 11.6. The Morgan fingerprint density at radius 1 is 1.09 bits per heavy atom. The molecule has 1 aromatic carbocycles. The highest BCUT2D eigenvalue weighted by Crippen LogP contribution is 2.31. The van der Waals surface area contributed by atoms with Crippen LogP contribution in [-0.4, -0.2) is 30.4 Å². The van der Waals surface area contributed by atoms with Gasteiger partial charge in [-0.25, -0.2) is 4.79 Å². The van der Waals surface area contributed by atoms with Gasteiger partial charge in [0.2, 0.25) is 0 Å². The van der Waals surface area contributed by atoms with Crippen molar-refractivity contribution in [1.29, 1.82) is 0 Å². The minimum Gasteiger partial charge on any atom is -0.495 e. The Kier molecular flexibility index (Phi) is 14.2. The van der Waals surface area contributed by atoms with Crippen molar-refractivity contribution in [1.82, 2.24) is 0 Å². The Bertz CT molecular complexity index is 747. The molecule has 1 N–H and O–H groups in total. The zero-order valence-corrected chi connectivity index (χ0v) is 21.9. The standard InChI is InChI=1S/C30H46O5/c1-4-5-6-8-25-11-15-28(16-12-25)33-21-22-34-29-17-13-26(14-18-29)9-7-10-27(19-20-31)23-35-30(32)24(2)3/h11-12,15-16,21-22,26-27,29,31H,2,4-10,13-14,17-20,23H2,1,3H3/b22-21-. The average Bonchev–Trinajstić information content (AvgIpc) is 2.86. The van der Waals surface area contributed by atoms with Gasteiger partial charge in [0.1, 0.15) is 18.3 Å². The fraction of sp³-hybridized carbons (Fsp3) is 0.633. The van der Waals surface area contributed by atoms with E-state index in [1.54, 1.807) is 19.4 Å². The Balaban J connectivity index is 1.58. The highest BCUT2D eigenvalue weighted by Gasteiger charge is 2.22. The maximum absolute atomic E-state index is 11.6. The number of carbonyl (C=O) groups is 1. The van der Waals surface area contributed by atoms with Gasteiger partial charge >= 0.3 is 5.97 Å². The van der Waals surface area contributed by atoms with E-state index in [2.05, 4.69) is 25.6 Å². The second-order valence-electron chi connectivity index (χ2n) is 9.96. The third-order valence-electron chi connectivity index (χ3n) is 6.88. The molecule has 5 nitrogen and oxygen atoms in total. The molecule has 0 amide bonds. The molecule has 2 rings (SSSR count). The van der Waals surface area contributed by atoms with Crippen LogP contribution in [0.2, 0.25) is 0 Å². The molecule has 1 aromatic rings. The fourth-order valence-corrected chi connectivity index (χ4v) is 4.63. The maximum atomic E-state index is 11.6. The van der Waals surface area contributed by atoms with Gasteiger partial charge in [-0.2, -0.15) is 0 Å². The van der Waals surface area contributed by atoms with Gasteiger partial charge in [0.25, 0.3) is 0 Å². The summed E-state index contributed by atoms with van der Waals surface area (Å²) in [5, 5.41) is 9.30. The SMILES string of the molecule is C=C(C)C(=O)OCC(CCO)CCCC1CCC(O/C=C\Oc2ccc(CCCCC)cc2)CC1. The van der Waals surface area contributed by atoms with Gasteiger partial charge in [0.15, 0.2) is 0 Å². The van der Waals surface area contributed by atoms with Crippen molar-refractivity contribution in [2.45, 2.75) is 97.0 Å². The molecular formula is C30H46O5. The molecule has 1 aliphatic rings. The van der Waals surface area contributed by atoms with E-state index < -0.39 is 0 Å². The van der Waals surface area contributed by atoms with Crippen molar-refractivity contribution in [2.75, 3.05) is 13.2 Å². The third-order valence-corrected chi connectivity index (χ3v) is 6.88. The zero-order valence-electron chi connectivity index (χ0n) is 21.9. The first-order valence-electron chi connectivity index (χ1n) is 13.5. The molecule has 35 heavy (non-hydrogen) atoms. The Morgan fingerprint density at radius 2 is 1.83 bits per heavy atom. The van der Waals surface area contributed by atoms with E-state index in [0.717, 1.165) is 43.8 Å². The van der Waals surface area contributed by atoms with Crippen LogP contribution in [0.15, 0.2) is 48.9 Å². The first-order valence-corrected chi connectivity index (χ1v) is 13.5. The van der Waals surface area contributed by atoms with Gasteiger partial charge in [0.05, 0.1) is 12.7 Å². The summed E-state index contributed by atoms with van der Waals surface area (Å²) in [5.74, 6) is 1.42. The predicted molar refractivity (Wildman–Crippen MR) is 141 cm³/mol. The topological polar surface area (TPSA) is 65.0 Å². The summed E-state index contributed by atoms with van der Waals surface area (Å²) >= 11 is 0. The number of ether oxygens (including phenoxy) is 3. The van der Waals surface area contributed by atoms with Gasteiger partial charge in [-0.05, 0) is 87.8 Å². The lowest BCUT2D eigenvalue weighted by atomic mass is 9.83. The van der Waals surface area contributed by atoms with E-state index in [-0.39, 0.29) is 24.6 Å². The van der Waals surface area contributed by atoms with Crippen LogP contribution in [0.3, 0.4) is 0 Å². The van der Waals surface area contributed by atoms with Crippen molar-refractivity contribution >= 4 is 5.97 Å². The highest BCUT2D eigenvalue weighted by atomic mass is 16.5. The second-order valence-corrected chi connectivity index (χ2v) is 9.96. The molecule has 5 heteroatoms. The quantitative estimate of drug-likeness (QED) is 0.110. The molecule has 0 saturated heterocycles. The number of hydrogen-bond acceptors (Lipinski definition) is 5. The Labute approximate surface area is 212 Å². The lowest BCUT2D eigenvalue weighted by Crippen LogP contribution is -2.20. The Hall–Kier alpha value is -2.27. The number of benzene rings is 1. The molecule has 1 unspecified atom stereocenters. The first-order chi connectivity index (χ1) is 17.0. The van der Waals surface area contributed by atoms with E-state index in [0.29, 0.717) is 18.6 Å². The van der Waals surface area contributed by atoms with E-state index in [1.807, 2.05) is 12.1 Å². The van der Waals surface area contributed by atoms with Crippen LogP contribution in [0, 0.1) is 11.8 Å². The predicted octanol–water partition coefficient (Wildman–Crippen LogP) is 7.13. The van der Waals surface area contributed by atoms with Crippen LogP contribution in [0.25, 0.3) is 0 Å². The van der Waals surface area contributed by atoms with Crippen LogP contribution in [0.4, 0.5) is 0 Å². The number of unbranched alkanes of at least 4 members (excludes halogenated alkanes) is 2. The first kappa shape index (κ1) is 29.0. The molecule has 196 valence electrons. The molecule has 0 radical (unpaired) electrons. The molecule has 1 fully saturated rings. The largest absolute Gasteiger partial charge is 0.495 e. The molecule has 0 heterocycles. The van der Waals surface area contributed by atoms with Gasteiger partial charge < -0.3 is 19.3 Å². The number of aliphatic hydroxyl groups excluding tert-OH is 1. The Morgan fingerprint density at radius 3 is 2.49 bits per heavy atom. The van der Waals surface area contributed by atoms with Crippen LogP contribution >= 0.6 is 0 Å². The highest BCUT2D eigenvalue weighted by molar-refractivity contribution is 5.86. The summed E-state index contributed by atoms with van der Waals surface area (Å²) in [6, 6.07) is 8.32. The molecule has 0 bridgehead atoms. The van der Waals surface area contributed by atoms with Gasteiger partial charge in [0, 0.05) is 12.2 Å². The number of esters is 1. The normalized spacial score (nSPS) is 18.8. The summed E-state index contributed by atoms with van der Waals surface area (Å²) in [5.41, 5.74) is 1.78. The summed E-state index contributed by atoms with van der Waals surface area (Å²) in [6.45, 7) is 7.98. The summed E-state index contributed by atoms with van der Waals surface area (Å²) < 4.78 is 16.9. The van der Waals surface area contributed by atoms with Crippen LogP contribution in [0.5, 0.6) is 5.75 Å². The third kappa shape index (κ3) is 12.3. The minimum atomic E-state index is -0.346. The number of hydrogen-bond donors (Lipinski definition) is 1. The molecule has 0 aromatic heterocycles. The van der Waals surface area contributed by atoms with E-state index >= 15 is 0 Å². The fourth-order valence-electron chi connectivity index (χ4n) is 4.63. The van der Waals surface area contributed by atoms with Gasteiger partial charge in [-0.3, -0.25) is 0 Å². The van der Waals surface area contributed by atoms with E-state index in [4.69, 9.17) is 14.2 Å². The number of carbonyl (C=O) groups excluding carboxylic acids is 1. The molecule has 1 atom stereocenters. The van der Waals surface area contributed by atoms with Crippen molar-refractivity contribution < 1.29 is 24.1 Å². The van der Waals surface area contributed by atoms with Gasteiger partial charge in [-0.1, -0.05) is 51.3 Å². The second kappa shape index (κ2) is 17.2. The molecule has 1 saturated carbocycles. The molecule has 0 spiro atoms. The van der Waals surface area contributed by atoms with E-state index in [9.17, 15) is 9.90 Å². The summed E-state index contributed by atoms with van der Waals surface area (Å²) in [7, 11) is 0. The lowest BCUT2D eigenvalue weighted by Gasteiger charge is -2.28. The molecular weight excluding hydrogens is 440 g/mol. The molecule has 1 aliphatic carbocycles. The van der Waals surface area contributed by atoms with Crippen LogP contribution in [-0.2, 0) is 20.7 Å². The lowest BCUT2D eigenvalue weighted by molar-refractivity contribution is -0.140. The summed E-state index contributed by atoms with van der Waals surface area (Å²) in [6.07, 6.45) is 16.9. The van der Waals surface area contributed by atoms with Crippen LogP contribution < -0.4 is 4.74 Å². The molecule has 0 aliphatic heterocycles. The zero-order chi connectivity index (χ0) is 25.3. The average molecular weight is 487 g/mol. The van der Waals surface area contributed by atoms with Crippen molar-refractivity contribution in [3.05, 3.63) is 54.5 Å². The number of rotatable bonds is 17. The van der Waals surface area contributed by atoms with Gasteiger partial charge in [-0.15, -0.1) is 0 Å². The number of aliphatic hydroxyl groups is 1. The smallest absolute Gasteiger partial charge is 0.333 e. The van der Waals surface area contributed by atoms with Crippen molar-refractivity contribution in [3.8, 4) is 5.75 Å². The van der Waals surface area contributed by atoms with Crippen LogP contribution in [0.1, 0.15) is 90.0 Å². The monoisotopic (exact) mass is 486 g/mol. The van der Waals surface area contributed by atoms with E-state index in [1.165, 1.54) is 44.1 Å². The number of aryl methyl sites for hydroxylation is 1. The van der Waals surface area contributed by atoms with Crippen molar-refractivity contribution in [3.63, 3.8) is 0 Å². The van der Waals surface area contributed by atoms with Crippen molar-refractivity contribution in [2.24, 2.45) is 11.8 Å². The minimum absolute atomic E-state index is 0.124. The maximum Gasteiger partial charge on any atom is 0.333 e.